The summed E-state index contributed by atoms with van der Waals surface area (Å²) in [5.41, 5.74) is 4.20. The second-order valence-corrected chi connectivity index (χ2v) is 7.42. The smallest absolute Gasteiger partial charge is 0.292 e. The Morgan fingerprint density at radius 2 is 1.81 bits per heavy atom. The maximum atomic E-state index is 12.8. The predicted molar refractivity (Wildman–Crippen MR) is 110 cm³/mol. The van der Waals surface area contributed by atoms with E-state index in [2.05, 4.69) is 31.9 Å². The second-order valence-electron chi connectivity index (χ2n) is 6.50. The highest BCUT2D eigenvalue weighted by Gasteiger charge is 2.33. The first kappa shape index (κ1) is 22.3. The number of hydrogen-bond acceptors (Lipinski definition) is 5. The lowest BCUT2D eigenvalue weighted by Gasteiger charge is -2.12. The van der Waals surface area contributed by atoms with Crippen LogP contribution in [0.5, 0.6) is 0 Å². The molecule has 0 aliphatic carbocycles. The molecule has 0 spiro atoms. The van der Waals surface area contributed by atoms with Crippen molar-refractivity contribution in [3.63, 3.8) is 0 Å². The molecular formula is C19H15BrF3N5O3. The van der Waals surface area contributed by atoms with Crippen LogP contribution in [0.3, 0.4) is 0 Å². The Morgan fingerprint density at radius 1 is 1.16 bits per heavy atom. The fourth-order valence-electron chi connectivity index (χ4n) is 2.96. The zero-order valence-corrected chi connectivity index (χ0v) is 17.7. The van der Waals surface area contributed by atoms with Crippen LogP contribution in [0.4, 0.5) is 24.5 Å². The number of rotatable bonds is 5. The monoisotopic (exact) mass is 497 g/mol. The van der Waals surface area contributed by atoms with Crippen molar-refractivity contribution < 1.29 is 22.9 Å². The molecule has 3 aromatic rings. The Labute approximate surface area is 182 Å². The number of anilines is 1. The van der Waals surface area contributed by atoms with Gasteiger partial charge in [-0.1, -0.05) is 15.9 Å². The van der Waals surface area contributed by atoms with E-state index in [4.69, 9.17) is 0 Å². The average molecular weight is 498 g/mol. The summed E-state index contributed by atoms with van der Waals surface area (Å²) in [4.78, 5) is 22.9. The molecular weight excluding hydrogens is 483 g/mol. The highest BCUT2D eigenvalue weighted by atomic mass is 79.9. The molecule has 12 heteroatoms. The van der Waals surface area contributed by atoms with E-state index in [1.165, 1.54) is 0 Å². The third kappa shape index (κ3) is 4.68. The van der Waals surface area contributed by atoms with Gasteiger partial charge in [-0.15, -0.1) is 0 Å². The Morgan fingerprint density at radius 3 is 2.39 bits per heavy atom. The molecule has 0 saturated heterocycles. The third-order valence-corrected chi connectivity index (χ3v) is 4.95. The Kier molecular flexibility index (Phi) is 6.02. The first-order chi connectivity index (χ1) is 14.5. The molecule has 0 saturated carbocycles. The summed E-state index contributed by atoms with van der Waals surface area (Å²) in [6.07, 6.45) is -4.73. The Hall–Kier alpha value is -3.41. The topological polar surface area (TPSA) is 102 Å². The van der Waals surface area contributed by atoms with Crippen molar-refractivity contribution in [2.24, 2.45) is 0 Å². The Balaban J connectivity index is 1.85. The number of benzene rings is 2. The summed E-state index contributed by atoms with van der Waals surface area (Å²) in [5, 5.41) is 15.5. The molecule has 8 nitrogen and oxygen atoms in total. The number of halogens is 4. The standard InChI is InChI=1S/C19H15BrF3N5O3/c1-10-17(11(2)27(26-10)14-6-4-13(20)5-7-14)18(29)25-24-15-8-3-12(19(21,22)23)9-16(15)28(30)31/h3-9,24H,1-2H3,(H,25,29). The molecule has 0 aliphatic rings. The fourth-order valence-corrected chi connectivity index (χ4v) is 3.22. The van der Waals surface area contributed by atoms with E-state index in [1.807, 2.05) is 12.1 Å². The van der Waals surface area contributed by atoms with Crippen LogP contribution in [-0.2, 0) is 6.18 Å². The highest BCUT2D eigenvalue weighted by molar-refractivity contribution is 9.10. The molecule has 2 aromatic carbocycles. The van der Waals surface area contributed by atoms with Crippen LogP contribution >= 0.6 is 15.9 Å². The quantitative estimate of drug-likeness (QED) is 0.384. The molecule has 0 bridgehead atoms. The molecule has 1 amide bonds. The lowest BCUT2D eigenvalue weighted by Crippen LogP contribution is -2.30. The van der Waals surface area contributed by atoms with Crippen LogP contribution < -0.4 is 10.9 Å². The predicted octanol–water partition coefficient (Wildman–Crippen LogP) is 4.94. The van der Waals surface area contributed by atoms with Crippen LogP contribution in [0.25, 0.3) is 5.69 Å². The average Bonchev–Trinajstić information content (AvgIpc) is 3.00. The summed E-state index contributed by atoms with van der Waals surface area (Å²) >= 11 is 3.34. The van der Waals surface area contributed by atoms with E-state index >= 15 is 0 Å². The lowest BCUT2D eigenvalue weighted by atomic mass is 10.1. The molecule has 0 atom stereocenters. The lowest BCUT2D eigenvalue weighted by molar-refractivity contribution is -0.384. The molecule has 1 aromatic heterocycles. The van der Waals surface area contributed by atoms with E-state index in [-0.39, 0.29) is 11.3 Å². The van der Waals surface area contributed by atoms with Gasteiger partial charge in [0.05, 0.1) is 33.1 Å². The maximum absolute atomic E-state index is 12.8. The third-order valence-electron chi connectivity index (χ3n) is 4.42. The van der Waals surface area contributed by atoms with Gasteiger partial charge in [-0.2, -0.15) is 18.3 Å². The second kappa shape index (κ2) is 8.38. The number of nitro benzene ring substituents is 1. The number of amides is 1. The SMILES string of the molecule is Cc1nn(-c2ccc(Br)cc2)c(C)c1C(=O)NNc1ccc(C(F)(F)F)cc1[N+](=O)[O-]. The minimum atomic E-state index is -4.73. The van der Waals surface area contributed by atoms with Crippen LogP contribution in [0.2, 0.25) is 0 Å². The number of alkyl halides is 3. The molecule has 1 heterocycles. The van der Waals surface area contributed by atoms with Gasteiger partial charge in [0.2, 0.25) is 0 Å². The Bertz CT molecular complexity index is 1160. The van der Waals surface area contributed by atoms with Crippen molar-refractivity contribution in [3.05, 3.63) is 79.6 Å². The summed E-state index contributed by atoms with van der Waals surface area (Å²) in [6.45, 7) is 3.30. The largest absolute Gasteiger partial charge is 0.416 e. The van der Waals surface area contributed by atoms with Gasteiger partial charge in [0, 0.05) is 10.5 Å². The molecule has 0 radical (unpaired) electrons. The summed E-state index contributed by atoms with van der Waals surface area (Å²) in [7, 11) is 0. The van der Waals surface area contributed by atoms with Crippen LogP contribution in [-0.4, -0.2) is 20.6 Å². The van der Waals surface area contributed by atoms with E-state index in [1.54, 1.807) is 30.7 Å². The fraction of sp³-hybridized carbons (Fsp3) is 0.158. The van der Waals surface area contributed by atoms with Crippen molar-refractivity contribution in [1.29, 1.82) is 0 Å². The first-order valence-corrected chi connectivity index (χ1v) is 9.52. The number of nitrogens with one attached hydrogen (secondary N) is 2. The number of carbonyl (C=O) groups is 1. The molecule has 0 fully saturated rings. The maximum Gasteiger partial charge on any atom is 0.416 e. The van der Waals surface area contributed by atoms with Crippen molar-refractivity contribution in [2.75, 3.05) is 5.43 Å². The minimum absolute atomic E-state index is 0.227. The molecule has 0 aliphatic heterocycles. The number of nitrogens with zero attached hydrogens (tertiary/aromatic N) is 3. The number of carbonyl (C=O) groups excluding carboxylic acids is 1. The minimum Gasteiger partial charge on any atom is -0.292 e. The first-order valence-electron chi connectivity index (χ1n) is 8.73. The molecule has 162 valence electrons. The van der Waals surface area contributed by atoms with Gasteiger partial charge in [-0.3, -0.25) is 25.8 Å². The zero-order chi connectivity index (χ0) is 22.9. The molecule has 0 unspecified atom stereocenters. The summed E-state index contributed by atoms with van der Waals surface area (Å²) in [6, 6.07) is 9.20. The van der Waals surface area contributed by atoms with Gasteiger partial charge in [-0.05, 0) is 50.2 Å². The highest BCUT2D eigenvalue weighted by Crippen LogP contribution is 2.34. The molecule has 2 N–H and O–H groups in total. The van der Waals surface area contributed by atoms with E-state index in [0.717, 1.165) is 10.5 Å². The van der Waals surface area contributed by atoms with Gasteiger partial charge in [0.15, 0.2) is 0 Å². The normalized spacial score (nSPS) is 11.3. The van der Waals surface area contributed by atoms with E-state index < -0.39 is 28.3 Å². The van der Waals surface area contributed by atoms with E-state index in [0.29, 0.717) is 29.2 Å². The van der Waals surface area contributed by atoms with Gasteiger partial charge >= 0.3 is 6.18 Å². The number of hydrazine groups is 1. The summed E-state index contributed by atoms with van der Waals surface area (Å²) < 4.78 is 40.9. The molecule has 31 heavy (non-hydrogen) atoms. The van der Waals surface area contributed by atoms with Crippen molar-refractivity contribution in [3.8, 4) is 5.69 Å². The van der Waals surface area contributed by atoms with Gasteiger partial charge in [0.1, 0.15) is 5.69 Å². The number of aromatic nitrogens is 2. The zero-order valence-electron chi connectivity index (χ0n) is 16.1. The van der Waals surface area contributed by atoms with Crippen LogP contribution in [0.1, 0.15) is 27.3 Å². The molecule has 3 rings (SSSR count). The van der Waals surface area contributed by atoms with Crippen molar-refractivity contribution in [1.82, 2.24) is 15.2 Å². The number of nitro groups is 1. The van der Waals surface area contributed by atoms with Crippen LogP contribution in [0.15, 0.2) is 46.9 Å². The number of hydrogen-bond donors (Lipinski definition) is 2. The van der Waals surface area contributed by atoms with Gasteiger partial charge in [-0.25, -0.2) is 4.68 Å². The van der Waals surface area contributed by atoms with Gasteiger partial charge < -0.3 is 0 Å². The summed E-state index contributed by atoms with van der Waals surface area (Å²) in [5.74, 6) is -0.646. The van der Waals surface area contributed by atoms with Crippen LogP contribution in [0, 0.1) is 24.0 Å². The van der Waals surface area contributed by atoms with Gasteiger partial charge in [0.25, 0.3) is 11.6 Å². The number of aryl methyl sites for hydroxylation is 1. The van der Waals surface area contributed by atoms with Crippen molar-refractivity contribution in [2.45, 2.75) is 20.0 Å². The van der Waals surface area contributed by atoms with Crippen molar-refractivity contribution >= 4 is 33.2 Å². The van der Waals surface area contributed by atoms with E-state index in [9.17, 15) is 28.1 Å².